The number of esters is 1. The molecule has 1 N–H and O–H groups in total. The molecule has 0 saturated heterocycles. The van der Waals surface area contributed by atoms with Gasteiger partial charge >= 0.3 is 5.97 Å². The molecule has 0 aliphatic rings. The van der Waals surface area contributed by atoms with Crippen LogP contribution in [0.25, 0.3) is 0 Å². The minimum absolute atomic E-state index is 0.178. The summed E-state index contributed by atoms with van der Waals surface area (Å²) in [5, 5.41) is 2.83. The molecule has 0 unspecified atom stereocenters. The number of carbonyl (C=O) groups excluding carboxylic acids is 1. The van der Waals surface area contributed by atoms with Crippen molar-refractivity contribution in [2.24, 2.45) is 0 Å². The van der Waals surface area contributed by atoms with E-state index in [0.29, 0.717) is 12.3 Å². The summed E-state index contributed by atoms with van der Waals surface area (Å²) < 4.78 is 9.35. The number of oxazole rings is 1. The first-order valence-electron chi connectivity index (χ1n) is 3.48. The molecule has 0 radical (unpaired) electrons. The lowest BCUT2D eigenvalue weighted by atomic mass is 10.5. The zero-order valence-electron chi connectivity index (χ0n) is 6.74. The highest BCUT2D eigenvalue weighted by Gasteiger charge is 1.99. The first-order valence-corrected chi connectivity index (χ1v) is 3.48. The molecule has 1 heterocycles. The van der Waals surface area contributed by atoms with Gasteiger partial charge in [-0.25, -0.2) is 4.98 Å². The van der Waals surface area contributed by atoms with Gasteiger partial charge in [0.25, 0.3) is 0 Å². The van der Waals surface area contributed by atoms with Gasteiger partial charge in [-0.1, -0.05) is 0 Å². The lowest BCUT2D eigenvalue weighted by Crippen LogP contribution is -2.23. The standard InChI is InChI=1S/C7H10N2O3/c1-11-7(10)4-8-2-6-3-9-5-12-6/h3,5,8H,2,4H2,1H3. The molecule has 12 heavy (non-hydrogen) atoms. The van der Waals surface area contributed by atoms with Gasteiger partial charge in [0.05, 0.1) is 26.4 Å². The minimum Gasteiger partial charge on any atom is -0.468 e. The average molecular weight is 170 g/mol. The molecule has 0 spiro atoms. The van der Waals surface area contributed by atoms with E-state index in [-0.39, 0.29) is 12.5 Å². The predicted octanol–water partition coefficient (Wildman–Crippen LogP) is -0.0628. The van der Waals surface area contributed by atoms with Crippen LogP contribution in [-0.2, 0) is 16.1 Å². The maximum Gasteiger partial charge on any atom is 0.319 e. The van der Waals surface area contributed by atoms with Crippen molar-refractivity contribution in [2.45, 2.75) is 6.54 Å². The number of ether oxygens (including phenoxy) is 1. The van der Waals surface area contributed by atoms with Crippen LogP contribution in [0.2, 0.25) is 0 Å². The van der Waals surface area contributed by atoms with E-state index in [1.807, 2.05) is 0 Å². The molecule has 1 rings (SSSR count). The molecule has 0 aromatic carbocycles. The van der Waals surface area contributed by atoms with Crippen LogP contribution in [0.4, 0.5) is 0 Å². The second-order valence-corrected chi connectivity index (χ2v) is 2.15. The van der Waals surface area contributed by atoms with Crippen LogP contribution in [-0.4, -0.2) is 24.6 Å². The molecule has 5 heteroatoms. The van der Waals surface area contributed by atoms with Crippen LogP contribution < -0.4 is 5.32 Å². The molecule has 1 aromatic heterocycles. The topological polar surface area (TPSA) is 64.4 Å². The summed E-state index contributed by atoms with van der Waals surface area (Å²) in [6, 6.07) is 0. The Morgan fingerprint density at radius 1 is 1.83 bits per heavy atom. The lowest BCUT2D eigenvalue weighted by Gasteiger charge is -1.99. The molecular formula is C7H10N2O3. The van der Waals surface area contributed by atoms with Gasteiger partial charge < -0.3 is 9.15 Å². The largest absolute Gasteiger partial charge is 0.468 e. The van der Waals surface area contributed by atoms with E-state index in [1.54, 1.807) is 6.20 Å². The van der Waals surface area contributed by atoms with Gasteiger partial charge in [0, 0.05) is 0 Å². The van der Waals surface area contributed by atoms with Crippen LogP contribution >= 0.6 is 0 Å². The summed E-state index contributed by atoms with van der Waals surface area (Å²) in [5.74, 6) is 0.397. The van der Waals surface area contributed by atoms with Crippen molar-refractivity contribution in [1.82, 2.24) is 10.3 Å². The SMILES string of the molecule is COC(=O)CNCc1cnco1. The van der Waals surface area contributed by atoms with Crippen molar-refractivity contribution < 1.29 is 13.9 Å². The Hall–Kier alpha value is -1.36. The number of nitrogens with zero attached hydrogens (tertiary/aromatic N) is 1. The minimum atomic E-state index is -0.297. The maximum atomic E-state index is 10.6. The van der Waals surface area contributed by atoms with Gasteiger partial charge in [0.15, 0.2) is 6.39 Å². The van der Waals surface area contributed by atoms with Crippen molar-refractivity contribution in [2.75, 3.05) is 13.7 Å². The average Bonchev–Trinajstić information content (AvgIpc) is 2.57. The van der Waals surface area contributed by atoms with Crippen LogP contribution in [0.1, 0.15) is 5.76 Å². The Morgan fingerprint density at radius 2 is 2.67 bits per heavy atom. The normalized spacial score (nSPS) is 9.75. The third kappa shape index (κ3) is 2.71. The summed E-state index contributed by atoms with van der Waals surface area (Å²) in [6.07, 6.45) is 2.93. The van der Waals surface area contributed by atoms with Crippen LogP contribution in [0.15, 0.2) is 17.0 Å². The number of nitrogens with one attached hydrogen (secondary N) is 1. The van der Waals surface area contributed by atoms with Gasteiger partial charge in [-0.3, -0.25) is 10.1 Å². The lowest BCUT2D eigenvalue weighted by molar-refractivity contribution is -0.139. The van der Waals surface area contributed by atoms with E-state index in [2.05, 4.69) is 15.0 Å². The summed E-state index contributed by atoms with van der Waals surface area (Å²) in [4.78, 5) is 14.3. The zero-order valence-corrected chi connectivity index (χ0v) is 6.74. The van der Waals surface area contributed by atoms with E-state index in [4.69, 9.17) is 4.42 Å². The highest BCUT2D eigenvalue weighted by Crippen LogP contribution is 1.93. The van der Waals surface area contributed by atoms with Crippen LogP contribution in [0.3, 0.4) is 0 Å². The highest BCUT2D eigenvalue weighted by atomic mass is 16.5. The number of hydrogen-bond acceptors (Lipinski definition) is 5. The fourth-order valence-corrected chi connectivity index (χ4v) is 0.689. The van der Waals surface area contributed by atoms with E-state index >= 15 is 0 Å². The Kier molecular flexibility index (Phi) is 3.28. The van der Waals surface area contributed by atoms with E-state index in [1.165, 1.54) is 13.5 Å². The van der Waals surface area contributed by atoms with E-state index < -0.39 is 0 Å². The molecule has 0 aliphatic carbocycles. The van der Waals surface area contributed by atoms with Crippen molar-refractivity contribution in [3.8, 4) is 0 Å². The molecule has 0 saturated carbocycles. The molecular weight excluding hydrogens is 160 g/mol. The van der Waals surface area contributed by atoms with Gasteiger partial charge in [-0.05, 0) is 0 Å². The summed E-state index contributed by atoms with van der Waals surface area (Å²) in [5.41, 5.74) is 0. The van der Waals surface area contributed by atoms with Crippen LogP contribution in [0.5, 0.6) is 0 Å². The van der Waals surface area contributed by atoms with Gasteiger partial charge in [-0.2, -0.15) is 0 Å². The number of aromatic nitrogens is 1. The third-order valence-corrected chi connectivity index (χ3v) is 1.28. The van der Waals surface area contributed by atoms with Gasteiger partial charge in [0.2, 0.25) is 0 Å². The highest BCUT2D eigenvalue weighted by molar-refractivity contribution is 5.71. The molecule has 0 aliphatic heterocycles. The number of rotatable bonds is 4. The van der Waals surface area contributed by atoms with Gasteiger partial charge in [0.1, 0.15) is 5.76 Å². The third-order valence-electron chi connectivity index (χ3n) is 1.28. The number of methoxy groups -OCH3 is 1. The predicted molar refractivity (Wildman–Crippen MR) is 40.2 cm³/mol. The van der Waals surface area contributed by atoms with Crippen molar-refractivity contribution >= 4 is 5.97 Å². The van der Waals surface area contributed by atoms with Crippen molar-refractivity contribution in [3.63, 3.8) is 0 Å². The fraction of sp³-hybridized carbons (Fsp3) is 0.429. The fourth-order valence-electron chi connectivity index (χ4n) is 0.689. The molecule has 0 bridgehead atoms. The molecule has 1 aromatic rings. The monoisotopic (exact) mass is 170 g/mol. The van der Waals surface area contributed by atoms with Crippen LogP contribution in [0, 0.1) is 0 Å². The number of carbonyl (C=O) groups is 1. The zero-order chi connectivity index (χ0) is 8.81. The first kappa shape index (κ1) is 8.73. The Labute approximate surface area is 69.7 Å². The summed E-state index contributed by atoms with van der Waals surface area (Å²) in [7, 11) is 1.35. The molecule has 0 fully saturated rings. The smallest absolute Gasteiger partial charge is 0.319 e. The van der Waals surface area contributed by atoms with Crippen molar-refractivity contribution in [1.29, 1.82) is 0 Å². The van der Waals surface area contributed by atoms with E-state index in [0.717, 1.165) is 0 Å². The number of hydrogen-bond donors (Lipinski definition) is 1. The first-order chi connectivity index (χ1) is 5.83. The molecule has 0 amide bonds. The molecule has 0 atom stereocenters. The quantitative estimate of drug-likeness (QED) is 0.641. The Balaban J connectivity index is 2.15. The maximum absolute atomic E-state index is 10.6. The second kappa shape index (κ2) is 4.50. The Bertz CT molecular complexity index is 233. The molecule has 66 valence electrons. The van der Waals surface area contributed by atoms with Crippen molar-refractivity contribution in [3.05, 3.63) is 18.4 Å². The van der Waals surface area contributed by atoms with E-state index in [9.17, 15) is 4.79 Å². The summed E-state index contributed by atoms with van der Waals surface area (Å²) >= 11 is 0. The Morgan fingerprint density at radius 3 is 3.25 bits per heavy atom. The summed E-state index contributed by atoms with van der Waals surface area (Å²) in [6.45, 7) is 0.659. The second-order valence-electron chi connectivity index (χ2n) is 2.15. The molecule has 5 nitrogen and oxygen atoms in total. The van der Waals surface area contributed by atoms with Gasteiger partial charge in [-0.15, -0.1) is 0 Å².